The highest BCUT2D eigenvalue weighted by Crippen LogP contribution is 1.98. The van der Waals surface area contributed by atoms with Crippen molar-refractivity contribution in [2.24, 2.45) is 0 Å². The van der Waals surface area contributed by atoms with Crippen LogP contribution in [0.15, 0.2) is 17.4 Å². The predicted octanol–water partition coefficient (Wildman–Crippen LogP) is 0.543. The van der Waals surface area contributed by atoms with Crippen LogP contribution in [0.4, 0.5) is 0 Å². The van der Waals surface area contributed by atoms with E-state index in [0.717, 1.165) is 6.26 Å². The van der Waals surface area contributed by atoms with Crippen molar-refractivity contribution in [2.45, 2.75) is 5.16 Å². The standard InChI is InChI=1S/C5H6N2O2S2/c1-11(8,9)5-6-3-2-4(10)7-5/h2-3H,1H3,(H,6,7,10). The molecular weight excluding hydrogens is 184 g/mol. The Morgan fingerprint density at radius 1 is 1.64 bits per heavy atom. The molecule has 1 N–H and O–H groups in total. The van der Waals surface area contributed by atoms with E-state index in [-0.39, 0.29) is 5.16 Å². The zero-order valence-electron chi connectivity index (χ0n) is 5.73. The van der Waals surface area contributed by atoms with Gasteiger partial charge in [0.25, 0.3) is 0 Å². The lowest BCUT2D eigenvalue weighted by atomic mass is 10.7. The molecular formula is C5H6N2O2S2. The van der Waals surface area contributed by atoms with Crippen molar-refractivity contribution in [3.63, 3.8) is 0 Å². The third-order valence-electron chi connectivity index (χ3n) is 0.999. The van der Waals surface area contributed by atoms with Crippen LogP contribution in [0.25, 0.3) is 0 Å². The maximum atomic E-state index is 10.8. The van der Waals surface area contributed by atoms with Gasteiger partial charge in [-0.05, 0) is 6.07 Å². The molecule has 1 aromatic heterocycles. The maximum absolute atomic E-state index is 10.8. The average molecular weight is 190 g/mol. The molecule has 0 aliphatic rings. The number of sulfone groups is 1. The van der Waals surface area contributed by atoms with Gasteiger partial charge >= 0.3 is 0 Å². The Balaban J connectivity index is 3.40. The van der Waals surface area contributed by atoms with Crippen LogP contribution in [0.1, 0.15) is 0 Å². The number of nitrogens with zero attached hydrogens (tertiary/aromatic N) is 1. The molecule has 0 aliphatic heterocycles. The van der Waals surface area contributed by atoms with E-state index < -0.39 is 9.84 Å². The molecule has 0 aliphatic carbocycles. The molecule has 0 unspecified atom stereocenters. The first kappa shape index (κ1) is 8.35. The number of aromatic nitrogens is 2. The molecule has 1 heterocycles. The normalized spacial score (nSPS) is 11.4. The van der Waals surface area contributed by atoms with E-state index in [1.165, 1.54) is 12.3 Å². The second-order valence-electron chi connectivity index (χ2n) is 2.01. The van der Waals surface area contributed by atoms with Gasteiger partial charge in [-0.3, -0.25) is 0 Å². The van der Waals surface area contributed by atoms with Crippen molar-refractivity contribution in [2.75, 3.05) is 6.26 Å². The molecule has 0 spiro atoms. The summed E-state index contributed by atoms with van der Waals surface area (Å²) in [6.45, 7) is 0. The fraction of sp³-hybridized carbons (Fsp3) is 0.200. The average Bonchev–Trinajstić information content (AvgIpc) is 1.86. The number of hydrogen-bond donors (Lipinski definition) is 1. The van der Waals surface area contributed by atoms with E-state index in [2.05, 4.69) is 9.97 Å². The first-order valence-corrected chi connectivity index (χ1v) is 5.05. The van der Waals surface area contributed by atoms with Gasteiger partial charge in [0.1, 0.15) is 4.64 Å². The summed E-state index contributed by atoms with van der Waals surface area (Å²) in [6, 6.07) is 1.52. The third kappa shape index (κ3) is 2.09. The van der Waals surface area contributed by atoms with E-state index >= 15 is 0 Å². The molecule has 0 aromatic carbocycles. The molecule has 6 heteroatoms. The minimum Gasteiger partial charge on any atom is -0.322 e. The second kappa shape index (κ2) is 2.71. The van der Waals surface area contributed by atoms with Crippen molar-refractivity contribution in [3.8, 4) is 0 Å². The fourth-order valence-corrected chi connectivity index (χ4v) is 1.31. The zero-order chi connectivity index (χ0) is 8.48. The SMILES string of the molecule is CS(=O)(=O)c1nccc(=S)[nH]1. The van der Waals surface area contributed by atoms with Crippen LogP contribution < -0.4 is 0 Å². The van der Waals surface area contributed by atoms with Gasteiger partial charge in [0.05, 0.1) is 0 Å². The summed E-state index contributed by atoms with van der Waals surface area (Å²) in [4.78, 5) is 6.06. The lowest BCUT2D eigenvalue weighted by Crippen LogP contribution is -2.02. The summed E-state index contributed by atoms with van der Waals surface area (Å²) in [5.41, 5.74) is 0. The van der Waals surface area contributed by atoms with E-state index in [1.807, 2.05) is 0 Å². The van der Waals surface area contributed by atoms with Crippen LogP contribution in [0, 0.1) is 4.64 Å². The molecule has 4 nitrogen and oxygen atoms in total. The number of H-pyrrole nitrogens is 1. The molecule has 0 amide bonds. The van der Waals surface area contributed by atoms with Gasteiger partial charge in [-0.2, -0.15) is 0 Å². The summed E-state index contributed by atoms with van der Waals surface area (Å²) in [7, 11) is -3.26. The topological polar surface area (TPSA) is 62.8 Å². The Kier molecular flexibility index (Phi) is 2.05. The van der Waals surface area contributed by atoms with Crippen LogP contribution >= 0.6 is 12.2 Å². The largest absolute Gasteiger partial charge is 0.322 e. The minimum atomic E-state index is -3.26. The molecule has 1 rings (SSSR count). The summed E-state index contributed by atoms with van der Waals surface area (Å²) < 4.78 is 22.1. The highest BCUT2D eigenvalue weighted by molar-refractivity contribution is 7.90. The van der Waals surface area contributed by atoms with Gasteiger partial charge in [0, 0.05) is 12.5 Å². The second-order valence-corrected chi connectivity index (χ2v) is 4.38. The van der Waals surface area contributed by atoms with Gasteiger partial charge in [0.15, 0.2) is 0 Å². The van der Waals surface area contributed by atoms with Crippen molar-refractivity contribution in [1.29, 1.82) is 0 Å². The first-order chi connectivity index (χ1) is 5.00. The smallest absolute Gasteiger partial charge is 0.225 e. The lowest BCUT2D eigenvalue weighted by Gasteiger charge is -1.94. The minimum absolute atomic E-state index is 0.0926. The Bertz CT molecular complexity index is 406. The zero-order valence-corrected chi connectivity index (χ0v) is 7.37. The molecule has 11 heavy (non-hydrogen) atoms. The van der Waals surface area contributed by atoms with Crippen molar-refractivity contribution in [3.05, 3.63) is 16.9 Å². The third-order valence-corrected chi connectivity index (χ3v) is 2.15. The van der Waals surface area contributed by atoms with E-state index in [1.54, 1.807) is 0 Å². The Hall–Kier alpha value is -0.750. The number of rotatable bonds is 1. The Labute approximate surface area is 69.2 Å². The highest BCUT2D eigenvalue weighted by Gasteiger charge is 2.07. The van der Waals surface area contributed by atoms with Crippen molar-refractivity contribution >= 4 is 22.1 Å². The molecule has 0 saturated carbocycles. The van der Waals surface area contributed by atoms with Gasteiger partial charge in [-0.1, -0.05) is 12.2 Å². The maximum Gasteiger partial charge on any atom is 0.225 e. The lowest BCUT2D eigenvalue weighted by molar-refractivity contribution is 0.592. The van der Waals surface area contributed by atoms with E-state index in [9.17, 15) is 8.42 Å². The highest BCUT2D eigenvalue weighted by atomic mass is 32.2. The summed E-state index contributed by atoms with van der Waals surface area (Å²) in [6.07, 6.45) is 2.43. The number of hydrogen-bond acceptors (Lipinski definition) is 4. The molecule has 0 bridgehead atoms. The van der Waals surface area contributed by atoms with Gasteiger partial charge in [0.2, 0.25) is 15.0 Å². The van der Waals surface area contributed by atoms with Gasteiger partial charge in [-0.15, -0.1) is 0 Å². The predicted molar refractivity (Wildman–Crippen MR) is 42.5 cm³/mol. The Morgan fingerprint density at radius 3 is 2.64 bits per heavy atom. The molecule has 0 saturated heterocycles. The summed E-state index contributed by atoms with van der Waals surface area (Å²) in [5.74, 6) is 0. The van der Waals surface area contributed by atoms with Crippen LogP contribution in [0.2, 0.25) is 0 Å². The monoisotopic (exact) mass is 190 g/mol. The summed E-state index contributed by atoms with van der Waals surface area (Å²) in [5, 5.41) is -0.0926. The molecule has 0 atom stereocenters. The Morgan fingerprint density at radius 2 is 2.27 bits per heavy atom. The first-order valence-electron chi connectivity index (χ1n) is 2.75. The quantitative estimate of drug-likeness (QED) is 0.518. The molecule has 60 valence electrons. The summed E-state index contributed by atoms with van der Waals surface area (Å²) >= 11 is 4.71. The fourth-order valence-electron chi connectivity index (χ4n) is 0.540. The van der Waals surface area contributed by atoms with Crippen LogP contribution in [-0.4, -0.2) is 24.6 Å². The number of nitrogens with one attached hydrogen (secondary N) is 1. The molecule has 0 fully saturated rings. The van der Waals surface area contributed by atoms with Crippen LogP contribution in [-0.2, 0) is 9.84 Å². The molecule has 1 aromatic rings. The van der Waals surface area contributed by atoms with Gasteiger partial charge < -0.3 is 4.98 Å². The van der Waals surface area contributed by atoms with E-state index in [4.69, 9.17) is 12.2 Å². The van der Waals surface area contributed by atoms with Crippen molar-refractivity contribution < 1.29 is 8.42 Å². The van der Waals surface area contributed by atoms with Crippen LogP contribution in [0.5, 0.6) is 0 Å². The van der Waals surface area contributed by atoms with Crippen molar-refractivity contribution in [1.82, 2.24) is 9.97 Å². The number of aromatic amines is 1. The molecule has 0 radical (unpaired) electrons. The van der Waals surface area contributed by atoms with Crippen LogP contribution in [0.3, 0.4) is 0 Å². The van der Waals surface area contributed by atoms with Gasteiger partial charge in [-0.25, -0.2) is 13.4 Å². The van der Waals surface area contributed by atoms with E-state index in [0.29, 0.717) is 4.64 Å².